The van der Waals surface area contributed by atoms with E-state index in [1.54, 1.807) is 4.90 Å². The van der Waals surface area contributed by atoms with Gasteiger partial charge in [-0.15, -0.1) is 11.3 Å². The van der Waals surface area contributed by atoms with Crippen LogP contribution in [0.15, 0.2) is 64.5 Å². The fourth-order valence-corrected chi connectivity index (χ4v) is 4.40. The van der Waals surface area contributed by atoms with Gasteiger partial charge in [0.25, 0.3) is 5.91 Å². The first-order valence-electron chi connectivity index (χ1n) is 10.3. The van der Waals surface area contributed by atoms with Gasteiger partial charge in [-0.25, -0.2) is 4.98 Å². The maximum absolute atomic E-state index is 12.8. The average molecular weight is 432 g/mol. The first kappa shape index (κ1) is 21.0. The zero-order valence-electron chi connectivity index (χ0n) is 18.0. The second-order valence-electron chi connectivity index (χ2n) is 7.73. The van der Waals surface area contributed by atoms with Crippen LogP contribution in [0.5, 0.6) is 0 Å². The Bertz CT molecular complexity index is 1180. The van der Waals surface area contributed by atoms with Gasteiger partial charge in [-0.2, -0.15) is 0 Å². The second kappa shape index (κ2) is 9.27. The van der Waals surface area contributed by atoms with Gasteiger partial charge in [-0.05, 0) is 25.8 Å². The molecule has 158 valence electrons. The zero-order chi connectivity index (χ0) is 21.8. The SMILES string of the molecule is Cc1ccc(-c2nc(C(=O)N(C)CCCc3cc(-c4ccccc4)no3)cs2)c(C)c1. The zero-order valence-corrected chi connectivity index (χ0v) is 18.8. The quantitative estimate of drug-likeness (QED) is 0.372. The van der Waals surface area contributed by atoms with Crippen molar-refractivity contribution >= 4 is 17.2 Å². The minimum absolute atomic E-state index is 0.0604. The summed E-state index contributed by atoms with van der Waals surface area (Å²) in [4.78, 5) is 19.1. The molecule has 0 fully saturated rings. The number of thiazole rings is 1. The topological polar surface area (TPSA) is 59.2 Å². The summed E-state index contributed by atoms with van der Waals surface area (Å²) >= 11 is 1.51. The summed E-state index contributed by atoms with van der Waals surface area (Å²) in [6, 6.07) is 18.2. The molecule has 0 radical (unpaired) electrons. The van der Waals surface area contributed by atoms with Crippen molar-refractivity contribution in [1.82, 2.24) is 15.0 Å². The smallest absolute Gasteiger partial charge is 0.273 e. The van der Waals surface area contributed by atoms with Crippen LogP contribution in [0.3, 0.4) is 0 Å². The van der Waals surface area contributed by atoms with Gasteiger partial charge < -0.3 is 9.42 Å². The summed E-state index contributed by atoms with van der Waals surface area (Å²) in [6.07, 6.45) is 1.52. The van der Waals surface area contributed by atoms with Gasteiger partial charge in [0, 0.05) is 42.6 Å². The van der Waals surface area contributed by atoms with Crippen molar-refractivity contribution in [1.29, 1.82) is 0 Å². The Balaban J connectivity index is 1.33. The summed E-state index contributed by atoms with van der Waals surface area (Å²) in [5.74, 6) is 0.764. The maximum Gasteiger partial charge on any atom is 0.273 e. The Hall–Kier alpha value is -3.25. The first-order valence-corrected chi connectivity index (χ1v) is 11.2. The lowest BCUT2D eigenvalue weighted by molar-refractivity contribution is 0.0788. The molecular formula is C25H25N3O2S. The van der Waals surface area contributed by atoms with Gasteiger partial charge in [0.15, 0.2) is 0 Å². The molecule has 0 bridgehead atoms. The van der Waals surface area contributed by atoms with Crippen LogP contribution in [0.4, 0.5) is 0 Å². The minimum Gasteiger partial charge on any atom is -0.361 e. The molecule has 0 spiro atoms. The molecule has 2 heterocycles. The standard InChI is InChI=1S/C25H25N3O2S/c1-17-11-12-21(18(2)14-17)24-26-23(16-31-24)25(29)28(3)13-7-10-20-15-22(27-30-20)19-8-5-4-6-9-19/h4-6,8-9,11-12,14-16H,7,10,13H2,1-3H3. The van der Waals surface area contributed by atoms with Crippen molar-refractivity contribution in [3.05, 3.63) is 82.6 Å². The number of carbonyl (C=O) groups is 1. The van der Waals surface area contributed by atoms with Crippen LogP contribution in [0.1, 0.15) is 33.8 Å². The van der Waals surface area contributed by atoms with Crippen molar-refractivity contribution in [2.75, 3.05) is 13.6 Å². The molecule has 0 saturated carbocycles. The number of nitrogens with zero attached hydrogens (tertiary/aromatic N) is 3. The summed E-state index contributed by atoms with van der Waals surface area (Å²) in [7, 11) is 1.81. The molecular weight excluding hydrogens is 406 g/mol. The summed E-state index contributed by atoms with van der Waals surface area (Å²) in [6.45, 7) is 4.77. The second-order valence-corrected chi connectivity index (χ2v) is 8.59. The predicted molar refractivity (Wildman–Crippen MR) is 124 cm³/mol. The molecule has 0 aliphatic carbocycles. The molecule has 4 rings (SSSR count). The Morgan fingerprint density at radius 3 is 2.68 bits per heavy atom. The van der Waals surface area contributed by atoms with Crippen LogP contribution in [0.2, 0.25) is 0 Å². The van der Waals surface area contributed by atoms with E-state index in [1.165, 1.54) is 22.5 Å². The van der Waals surface area contributed by atoms with Gasteiger partial charge in [0.05, 0.1) is 0 Å². The number of benzene rings is 2. The summed E-state index contributed by atoms with van der Waals surface area (Å²) < 4.78 is 5.45. The van der Waals surface area contributed by atoms with Crippen molar-refractivity contribution in [2.24, 2.45) is 0 Å². The fourth-order valence-electron chi connectivity index (χ4n) is 3.51. The van der Waals surface area contributed by atoms with E-state index in [-0.39, 0.29) is 5.91 Å². The molecule has 31 heavy (non-hydrogen) atoms. The van der Waals surface area contributed by atoms with E-state index in [0.717, 1.165) is 40.4 Å². The van der Waals surface area contributed by atoms with Crippen LogP contribution in [-0.2, 0) is 6.42 Å². The van der Waals surface area contributed by atoms with Crippen molar-refractivity contribution < 1.29 is 9.32 Å². The van der Waals surface area contributed by atoms with E-state index in [2.05, 4.69) is 42.2 Å². The highest BCUT2D eigenvalue weighted by molar-refractivity contribution is 7.13. The largest absolute Gasteiger partial charge is 0.361 e. The van der Waals surface area contributed by atoms with Crippen LogP contribution in [-0.4, -0.2) is 34.5 Å². The monoisotopic (exact) mass is 431 g/mol. The van der Waals surface area contributed by atoms with E-state index < -0.39 is 0 Å². The first-order chi connectivity index (χ1) is 15.0. The third-order valence-corrected chi connectivity index (χ3v) is 6.10. The Morgan fingerprint density at radius 2 is 1.90 bits per heavy atom. The minimum atomic E-state index is -0.0604. The van der Waals surface area contributed by atoms with E-state index in [4.69, 9.17) is 4.52 Å². The molecule has 0 atom stereocenters. The molecule has 4 aromatic rings. The van der Waals surface area contributed by atoms with Gasteiger partial charge in [-0.1, -0.05) is 59.3 Å². The Kier molecular flexibility index (Phi) is 6.28. The van der Waals surface area contributed by atoms with E-state index in [9.17, 15) is 4.79 Å². The number of aryl methyl sites for hydroxylation is 3. The van der Waals surface area contributed by atoms with E-state index in [1.807, 2.05) is 48.8 Å². The maximum atomic E-state index is 12.8. The Morgan fingerprint density at radius 1 is 1.10 bits per heavy atom. The highest BCUT2D eigenvalue weighted by Gasteiger charge is 2.17. The van der Waals surface area contributed by atoms with Gasteiger partial charge in [0.2, 0.25) is 0 Å². The number of hydrogen-bond acceptors (Lipinski definition) is 5. The molecule has 2 aromatic carbocycles. The predicted octanol–water partition coefficient (Wildman–Crippen LogP) is 5.79. The molecule has 1 amide bonds. The molecule has 0 unspecified atom stereocenters. The number of carbonyl (C=O) groups excluding carboxylic acids is 1. The number of amides is 1. The summed E-state index contributed by atoms with van der Waals surface area (Å²) in [5.41, 5.74) is 5.83. The molecule has 6 heteroatoms. The van der Waals surface area contributed by atoms with Gasteiger partial charge in [0.1, 0.15) is 22.2 Å². The third-order valence-electron chi connectivity index (χ3n) is 5.23. The molecule has 0 aliphatic rings. The van der Waals surface area contributed by atoms with Gasteiger partial charge in [-0.3, -0.25) is 4.79 Å². The van der Waals surface area contributed by atoms with Gasteiger partial charge >= 0.3 is 0 Å². The molecule has 2 aromatic heterocycles. The lowest BCUT2D eigenvalue weighted by Crippen LogP contribution is -2.28. The number of rotatable bonds is 7. The van der Waals surface area contributed by atoms with Crippen molar-refractivity contribution in [2.45, 2.75) is 26.7 Å². The lowest BCUT2D eigenvalue weighted by Gasteiger charge is -2.15. The van der Waals surface area contributed by atoms with Crippen LogP contribution < -0.4 is 0 Å². The van der Waals surface area contributed by atoms with Crippen LogP contribution in [0, 0.1) is 13.8 Å². The van der Waals surface area contributed by atoms with Crippen molar-refractivity contribution in [3.63, 3.8) is 0 Å². The highest BCUT2D eigenvalue weighted by atomic mass is 32.1. The van der Waals surface area contributed by atoms with E-state index in [0.29, 0.717) is 12.2 Å². The fraction of sp³-hybridized carbons (Fsp3) is 0.240. The summed E-state index contributed by atoms with van der Waals surface area (Å²) in [5, 5.41) is 6.87. The third kappa shape index (κ3) is 4.91. The molecule has 0 saturated heterocycles. The van der Waals surface area contributed by atoms with Crippen molar-refractivity contribution in [3.8, 4) is 21.8 Å². The molecule has 0 aliphatic heterocycles. The molecule has 5 nitrogen and oxygen atoms in total. The normalized spacial score (nSPS) is 10.9. The number of hydrogen-bond donors (Lipinski definition) is 0. The number of aromatic nitrogens is 2. The van der Waals surface area contributed by atoms with E-state index >= 15 is 0 Å². The average Bonchev–Trinajstić information content (AvgIpc) is 3.44. The van der Waals surface area contributed by atoms with Crippen LogP contribution in [0.25, 0.3) is 21.8 Å². The Labute approximate surface area is 186 Å². The highest BCUT2D eigenvalue weighted by Crippen LogP contribution is 2.28. The van der Waals surface area contributed by atoms with Crippen LogP contribution >= 0.6 is 11.3 Å². The lowest BCUT2D eigenvalue weighted by atomic mass is 10.1. The molecule has 0 N–H and O–H groups in total.